The van der Waals surface area contributed by atoms with Gasteiger partial charge in [0, 0.05) is 6.42 Å². The number of alkyl halides is 6. The van der Waals surface area contributed by atoms with Crippen LogP contribution >= 0.6 is 7.37 Å². The molecule has 3 unspecified atom stereocenters. The number of aliphatic hydroxyl groups excluding tert-OH is 1. The van der Waals surface area contributed by atoms with E-state index in [-0.39, 0.29) is 25.7 Å². The van der Waals surface area contributed by atoms with Gasteiger partial charge in [-0.15, -0.1) is 0 Å². The lowest BCUT2D eigenvalue weighted by Crippen LogP contribution is -2.36. The molecule has 228 valence electrons. The highest BCUT2D eigenvalue weighted by Crippen LogP contribution is 2.51. The molecule has 14 heteroatoms. The van der Waals surface area contributed by atoms with E-state index in [4.69, 9.17) is 9.47 Å². The number of rotatable bonds is 12. The van der Waals surface area contributed by atoms with Crippen molar-refractivity contribution in [1.82, 2.24) is 5.32 Å². The summed E-state index contributed by atoms with van der Waals surface area (Å²) in [7, 11) is -4.76. The fraction of sp³-hybridized carbons (Fsp3) is 0.321. The Morgan fingerprint density at radius 3 is 1.79 bits per heavy atom. The maximum Gasteiger partial charge on any atom is 0.416 e. The molecule has 3 aromatic carbocycles. The number of ether oxygens (including phenoxy) is 2. The van der Waals surface area contributed by atoms with Crippen molar-refractivity contribution in [2.24, 2.45) is 0 Å². The molecule has 0 radical (unpaired) electrons. The van der Waals surface area contributed by atoms with Crippen LogP contribution in [0.1, 0.15) is 40.7 Å². The van der Waals surface area contributed by atoms with Crippen molar-refractivity contribution >= 4 is 13.5 Å². The lowest BCUT2D eigenvalue weighted by molar-refractivity contribution is -0.143. The van der Waals surface area contributed by atoms with Crippen LogP contribution in [0.5, 0.6) is 0 Å². The Morgan fingerprint density at radius 2 is 1.29 bits per heavy atom. The molecular weight excluding hydrogens is 591 g/mol. The van der Waals surface area contributed by atoms with Gasteiger partial charge in [-0.3, -0.25) is 4.57 Å². The van der Waals surface area contributed by atoms with E-state index in [0.717, 1.165) is 0 Å². The third-order valence-corrected chi connectivity index (χ3v) is 8.19. The second-order valence-corrected chi connectivity index (χ2v) is 11.8. The van der Waals surface area contributed by atoms with Crippen LogP contribution in [0.15, 0.2) is 78.9 Å². The van der Waals surface area contributed by atoms with E-state index in [2.05, 4.69) is 5.32 Å². The second kappa shape index (κ2) is 14.2. The minimum atomic E-state index is -5.16. The molecule has 0 saturated carbocycles. The van der Waals surface area contributed by atoms with Gasteiger partial charge < -0.3 is 24.8 Å². The molecule has 0 aromatic heterocycles. The molecule has 3 atom stereocenters. The summed E-state index contributed by atoms with van der Waals surface area (Å²) in [4.78, 5) is 23.4. The molecule has 0 spiro atoms. The van der Waals surface area contributed by atoms with Crippen LogP contribution in [0, 0.1) is 0 Å². The fourth-order valence-corrected chi connectivity index (χ4v) is 5.69. The second-order valence-electron chi connectivity index (χ2n) is 9.38. The van der Waals surface area contributed by atoms with Gasteiger partial charge in [0.1, 0.15) is 12.4 Å². The lowest BCUT2D eigenvalue weighted by Gasteiger charge is -2.26. The zero-order chi connectivity index (χ0) is 31.0. The number of alkyl carbamates (subject to hydrolysis) is 1. The number of aliphatic hydroxyl groups is 1. The highest BCUT2D eigenvalue weighted by Gasteiger charge is 2.39. The Bertz CT molecular complexity index is 1320. The number of benzene rings is 3. The van der Waals surface area contributed by atoms with Crippen LogP contribution in [-0.2, 0) is 45.8 Å². The number of hydrogen-bond acceptors (Lipinski definition) is 5. The largest absolute Gasteiger partial charge is 0.445 e. The maximum absolute atomic E-state index is 13.4. The van der Waals surface area contributed by atoms with Crippen LogP contribution in [0.25, 0.3) is 0 Å². The summed E-state index contributed by atoms with van der Waals surface area (Å²) < 4.78 is 104. The van der Waals surface area contributed by atoms with Crippen molar-refractivity contribution in [1.29, 1.82) is 0 Å². The van der Waals surface area contributed by atoms with E-state index in [1.54, 1.807) is 60.7 Å². The number of amides is 1. The Kier molecular flexibility index (Phi) is 11.2. The standard InChI is InChI=1S/C28H28F6NO6P/c29-27(30,31)22-13-21(14-23(15-22)28(32,33)34)18-42(38,39)24(35-26(37)41-17-20-9-5-2-6-10-20)11-12-25(36)40-16-19-7-3-1-4-8-19/h1-10,13-15,24-25,36H,11-12,16-18H2,(H,35,37)(H,38,39). The molecule has 0 aliphatic rings. The molecule has 3 aromatic rings. The van der Waals surface area contributed by atoms with Gasteiger partial charge in [-0.05, 0) is 41.3 Å². The summed E-state index contributed by atoms with van der Waals surface area (Å²) in [6.45, 7) is -0.235. The molecule has 3 rings (SSSR count). The maximum atomic E-state index is 13.4. The Labute approximate surface area is 237 Å². The topological polar surface area (TPSA) is 105 Å². The third-order valence-electron chi connectivity index (χ3n) is 6.01. The van der Waals surface area contributed by atoms with Crippen LogP contribution in [0.3, 0.4) is 0 Å². The van der Waals surface area contributed by atoms with E-state index >= 15 is 0 Å². The first kappa shape index (κ1) is 33.1. The highest BCUT2D eigenvalue weighted by molar-refractivity contribution is 7.57. The molecule has 0 aliphatic carbocycles. The zero-order valence-corrected chi connectivity index (χ0v) is 22.8. The molecule has 0 fully saturated rings. The summed E-state index contributed by atoms with van der Waals surface area (Å²) >= 11 is 0. The molecule has 0 saturated heterocycles. The Morgan fingerprint density at radius 1 is 0.786 bits per heavy atom. The average molecular weight is 619 g/mol. The minimum Gasteiger partial charge on any atom is -0.445 e. The van der Waals surface area contributed by atoms with Crippen molar-refractivity contribution in [3.63, 3.8) is 0 Å². The number of hydrogen-bond donors (Lipinski definition) is 3. The minimum absolute atomic E-state index is 0.0134. The smallest absolute Gasteiger partial charge is 0.416 e. The molecule has 1 amide bonds. The van der Waals surface area contributed by atoms with E-state index in [1.807, 2.05) is 0 Å². The molecule has 7 nitrogen and oxygen atoms in total. The van der Waals surface area contributed by atoms with E-state index < -0.39 is 67.2 Å². The SMILES string of the molecule is O=C(NC(CCC(O)OCc1ccccc1)P(=O)(O)Cc1cc(C(F)(F)F)cc(C(F)(F)F)c1)OCc1ccccc1. The quantitative estimate of drug-likeness (QED) is 0.114. The summed E-state index contributed by atoms with van der Waals surface area (Å²) in [6.07, 6.45) is -14.8. The van der Waals surface area contributed by atoms with Crippen molar-refractivity contribution in [3.8, 4) is 0 Å². The van der Waals surface area contributed by atoms with Gasteiger partial charge in [0.15, 0.2) is 6.29 Å². The fourth-order valence-electron chi connectivity index (χ4n) is 3.91. The van der Waals surface area contributed by atoms with Gasteiger partial charge in [-0.25, -0.2) is 4.79 Å². The third kappa shape index (κ3) is 10.5. The number of nitrogens with one attached hydrogen (secondary N) is 1. The van der Waals surface area contributed by atoms with Crippen molar-refractivity contribution < 1.29 is 55.2 Å². The van der Waals surface area contributed by atoms with Gasteiger partial charge in [-0.2, -0.15) is 26.3 Å². The molecule has 0 aliphatic heterocycles. The first-order chi connectivity index (χ1) is 19.6. The number of carbonyl (C=O) groups is 1. The first-order valence-corrected chi connectivity index (χ1v) is 14.5. The van der Waals surface area contributed by atoms with Crippen molar-refractivity contribution in [3.05, 3.63) is 107 Å². The average Bonchev–Trinajstić information content (AvgIpc) is 2.92. The normalized spacial score (nSPS) is 15.0. The Balaban J connectivity index is 1.79. The van der Waals surface area contributed by atoms with Gasteiger partial charge in [0.2, 0.25) is 7.37 Å². The van der Waals surface area contributed by atoms with Crippen molar-refractivity contribution in [2.45, 2.75) is 56.6 Å². The van der Waals surface area contributed by atoms with E-state index in [0.29, 0.717) is 23.3 Å². The lowest BCUT2D eigenvalue weighted by atomic mass is 10.1. The van der Waals surface area contributed by atoms with Crippen LogP contribution in [0.2, 0.25) is 0 Å². The van der Waals surface area contributed by atoms with E-state index in [9.17, 15) is 45.7 Å². The van der Waals surface area contributed by atoms with Gasteiger partial charge in [-0.1, -0.05) is 60.7 Å². The summed E-state index contributed by atoms with van der Waals surface area (Å²) in [6, 6.07) is 17.7. The van der Waals surface area contributed by atoms with Gasteiger partial charge >= 0.3 is 18.4 Å². The predicted molar refractivity (Wildman–Crippen MR) is 140 cm³/mol. The first-order valence-electron chi connectivity index (χ1n) is 12.5. The zero-order valence-electron chi connectivity index (χ0n) is 21.9. The monoisotopic (exact) mass is 619 g/mol. The van der Waals surface area contributed by atoms with Crippen LogP contribution in [-0.4, -0.2) is 28.2 Å². The van der Waals surface area contributed by atoms with Crippen LogP contribution in [0.4, 0.5) is 31.1 Å². The summed E-state index contributed by atoms with van der Waals surface area (Å²) in [5, 5.41) is 12.4. The Hall–Kier alpha value is -3.38. The summed E-state index contributed by atoms with van der Waals surface area (Å²) in [5.41, 5.74) is -2.71. The molecule has 0 heterocycles. The number of halogens is 6. The number of carbonyl (C=O) groups excluding carboxylic acids is 1. The highest BCUT2D eigenvalue weighted by atomic mass is 31.2. The molecule has 0 bridgehead atoms. The van der Waals surface area contributed by atoms with Gasteiger partial charge in [0.25, 0.3) is 0 Å². The molecule has 42 heavy (non-hydrogen) atoms. The molecule has 3 N–H and O–H groups in total. The molecular formula is C28H28F6NO6P. The van der Waals surface area contributed by atoms with Gasteiger partial charge in [0.05, 0.1) is 23.9 Å². The summed E-state index contributed by atoms with van der Waals surface area (Å²) in [5.74, 6) is -1.71. The van der Waals surface area contributed by atoms with Crippen molar-refractivity contribution in [2.75, 3.05) is 0 Å². The predicted octanol–water partition coefficient (Wildman–Crippen LogP) is 7.06. The van der Waals surface area contributed by atoms with E-state index in [1.165, 1.54) is 0 Å². The van der Waals surface area contributed by atoms with Crippen LogP contribution < -0.4 is 5.32 Å².